The van der Waals surface area contributed by atoms with Crippen LogP contribution in [0.15, 0.2) is 42.5 Å². The van der Waals surface area contributed by atoms with E-state index in [1.807, 2.05) is 0 Å². The van der Waals surface area contributed by atoms with Crippen LogP contribution >= 0.6 is 7.82 Å². The molecule has 0 N–H and O–H groups in total. The number of hydrogen-bond acceptors (Lipinski definition) is 6. The molecular weight excluding hydrogens is 359 g/mol. The average molecular weight is 371 g/mol. The van der Waals surface area contributed by atoms with Gasteiger partial charge in [-0.25, -0.2) is 13.3 Å². The molecule has 1 fully saturated rings. The molecule has 1 heterocycles. The quantitative estimate of drug-likeness (QED) is 0.445. The van der Waals surface area contributed by atoms with Crippen LogP contribution < -0.4 is 4.52 Å². The summed E-state index contributed by atoms with van der Waals surface area (Å²) in [6, 6.07) is 7.66. The van der Waals surface area contributed by atoms with Crippen LogP contribution in [-0.4, -0.2) is 11.5 Å². The summed E-state index contributed by atoms with van der Waals surface area (Å²) in [7, 11) is -4.09. The third kappa shape index (κ3) is 4.01. The Labute approximate surface area is 140 Å². The van der Waals surface area contributed by atoms with E-state index in [1.165, 1.54) is 12.1 Å². The maximum absolute atomic E-state index is 13.9. The van der Waals surface area contributed by atoms with Crippen molar-refractivity contribution in [1.29, 1.82) is 0 Å². The zero-order valence-corrected chi connectivity index (χ0v) is 13.5. The first kappa shape index (κ1) is 17.5. The van der Waals surface area contributed by atoms with Crippen LogP contribution in [0.4, 0.5) is 14.5 Å². The van der Waals surface area contributed by atoms with Crippen molar-refractivity contribution in [3.05, 3.63) is 69.8 Å². The molecule has 0 spiro atoms. The molecule has 0 amide bonds. The molecule has 1 unspecified atom stereocenters. The zero-order valence-electron chi connectivity index (χ0n) is 12.6. The molecule has 132 valence electrons. The van der Waals surface area contributed by atoms with Gasteiger partial charge in [0.15, 0.2) is 0 Å². The number of nitro groups is 1. The van der Waals surface area contributed by atoms with Crippen molar-refractivity contribution in [2.24, 2.45) is 0 Å². The van der Waals surface area contributed by atoms with Gasteiger partial charge in [-0.2, -0.15) is 0 Å². The Bertz CT molecular complexity index is 844. The second kappa shape index (κ2) is 6.87. The van der Waals surface area contributed by atoms with Gasteiger partial charge in [0.25, 0.3) is 5.69 Å². The van der Waals surface area contributed by atoms with Crippen LogP contribution in [-0.2, 0) is 13.6 Å². The number of hydrogen-bond donors (Lipinski definition) is 0. The fraction of sp³-hybridized carbons (Fsp3) is 0.200. The summed E-state index contributed by atoms with van der Waals surface area (Å²) in [4.78, 5) is 10.0. The first-order valence-corrected chi connectivity index (χ1v) is 8.64. The largest absolute Gasteiger partial charge is 0.530 e. The van der Waals surface area contributed by atoms with Crippen molar-refractivity contribution >= 4 is 13.5 Å². The van der Waals surface area contributed by atoms with E-state index >= 15 is 0 Å². The summed E-state index contributed by atoms with van der Waals surface area (Å²) in [5.41, 5.74) is -0.258. The fourth-order valence-electron chi connectivity index (χ4n) is 2.29. The predicted octanol–water partition coefficient (Wildman–Crippen LogP) is 4.54. The summed E-state index contributed by atoms with van der Waals surface area (Å²) in [6.07, 6.45) is -0.845. The molecule has 1 aliphatic heterocycles. The van der Waals surface area contributed by atoms with Crippen LogP contribution in [0.25, 0.3) is 0 Å². The number of nitro benzene ring substituents is 1. The minimum atomic E-state index is -4.09. The Morgan fingerprint density at radius 2 is 1.92 bits per heavy atom. The van der Waals surface area contributed by atoms with Crippen LogP contribution in [0.3, 0.4) is 0 Å². The number of rotatable bonds is 4. The number of non-ortho nitro benzene ring substituents is 1. The normalized spacial score (nSPS) is 23.2. The summed E-state index contributed by atoms with van der Waals surface area (Å²) in [5.74, 6) is -1.33. The van der Waals surface area contributed by atoms with E-state index in [2.05, 4.69) is 0 Å². The molecule has 0 aliphatic carbocycles. The maximum atomic E-state index is 13.9. The number of phosphoric ester groups is 1. The van der Waals surface area contributed by atoms with Gasteiger partial charge >= 0.3 is 7.82 Å². The highest BCUT2D eigenvalue weighted by Crippen LogP contribution is 2.56. The SMILES string of the molecule is O=[N+]([O-])c1ccc(OP2(=O)OCC[C@H](c3cc(F)ccc3F)O2)cc1. The lowest BCUT2D eigenvalue weighted by molar-refractivity contribution is -0.384. The topological polar surface area (TPSA) is 87.9 Å². The minimum Gasteiger partial charge on any atom is -0.404 e. The van der Waals surface area contributed by atoms with Crippen LogP contribution in [0.2, 0.25) is 0 Å². The molecule has 2 aromatic rings. The first-order chi connectivity index (χ1) is 11.9. The van der Waals surface area contributed by atoms with Crippen LogP contribution in [0, 0.1) is 21.7 Å². The van der Waals surface area contributed by atoms with Crippen LogP contribution in [0.5, 0.6) is 5.75 Å². The molecule has 0 bridgehead atoms. The van der Waals surface area contributed by atoms with Crippen molar-refractivity contribution in [1.82, 2.24) is 0 Å². The zero-order chi connectivity index (χ0) is 18.0. The average Bonchev–Trinajstić information content (AvgIpc) is 2.57. The third-order valence-corrected chi connectivity index (χ3v) is 4.90. The Kier molecular flexibility index (Phi) is 4.80. The van der Waals surface area contributed by atoms with E-state index in [4.69, 9.17) is 13.6 Å². The highest BCUT2D eigenvalue weighted by Gasteiger charge is 2.38. The Balaban J connectivity index is 1.78. The molecule has 0 radical (unpaired) electrons. The third-order valence-electron chi connectivity index (χ3n) is 3.46. The van der Waals surface area contributed by atoms with Gasteiger partial charge in [-0.05, 0) is 30.3 Å². The standard InChI is InChI=1S/C15H12F2NO6P/c16-10-1-6-14(17)13(9-10)15-7-8-22-25(21,24-15)23-12-4-2-11(3-5-12)18(19)20/h1-6,9,15H,7-8H2/t15-,25?/m1/s1. The number of phosphoric acid groups is 1. The van der Waals surface area contributed by atoms with Gasteiger partial charge in [0.1, 0.15) is 23.5 Å². The second-order valence-corrected chi connectivity index (χ2v) is 6.72. The van der Waals surface area contributed by atoms with Gasteiger partial charge in [0, 0.05) is 24.1 Å². The fourth-order valence-corrected chi connectivity index (χ4v) is 3.69. The van der Waals surface area contributed by atoms with Crippen molar-refractivity contribution in [2.45, 2.75) is 12.5 Å². The van der Waals surface area contributed by atoms with Crippen molar-refractivity contribution in [2.75, 3.05) is 6.61 Å². The van der Waals surface area contributed by atoms with E-state index < -0.39 is 30.5 Å². The first-order valence-electron chi connectivity index (χ1n) is 7.18. The van der Waals surface area contributed by atoms with Gasteiger partial charge < -0.3 is 4.52 Å². The van der Waals surface area contributed by atoms with Gasteiger partial charge in [0.05, 0.1) is 11.5 Å². The highest BCUT2D eigenvalue weighted by atomic mass is 31.2. The van der Waals surface area contributed by atoms with E-state index in [0.29, 0.717) is 0 Å². The van der Waals surface area contributed by atoms with E-state index in [1.54, 1.807) is 0 Å². The molecule has 3 rings (SSSR count). The monoisotopic (exact) mass is 371 g/mol. The van der Waals surface area contributed by atoms with E-state index in [0.717, 1.165) is 30.3 Å². The number of nitrogens with zero attached hydrogens (tertiary/aromatic N) is 1. The number of benzene rings is 2. The molecule has 7 nitrogen and oxygen atoms in total. The molecule has 1 saturated heterocycles. The second-order valence-electron chi connectivity index (χ2n) is 5.17. The Morgan fingerprint density at radius 1 is 1.20 bits per heavy atom. The van der Waals surface area contributed by atoms with Crippen LogP contribution in [0.1, 0.15) is 18.1 Å². The predicted molar refractivity (Wildman–Crippen MR) is 82.1 cm³/mol. The smallest absolute Gasteiger partial charge is 0.404 e. The van der Waals surface area contributed by atoms with Crippen molar-refractivity contribution in [3.63, 3.8) is 0 Å². The molecule has 1 aliphatic rings. The number of halogens is 2. The molecule has 10 heteroatoms. The van der Waals surface area contributed by atoms with Gasteiger partial charge in [0.2, 0.25) is 0 Å². The Hall–Kier alpha value is -2.35. The summed E-state index contributed by atoms with van der Waals surface area (Å²) < 4.78 is 55.2. The van der Waals surface area contributed by atoms with Gasteiger partial charge in [-0.15, -0.1) is 0 Å². The molecule has 25 heavy (non-hydrogen) atoms. The highest BCUT2D eigenvalue weighted by molar-refractivity contribution is 7.49. The van der Waals surface area contributed by atoms with E-state index in [9.17, 15) is 23.5 Å². The summed E-state index contributed by atoms with van der Waals surface area (Å²) in [5, 5.41) is 10.6. The van der Waals surface area contributed by atoms with Gasteiger partial charge in [-0.1, -0.05) is 0 Å². The lowest BCUT2D eigenvalue weighted by Crippen LogP contribution is -2.17. The Morgan fingerprint density at radius 3 is 2.60 bits per heavy atom. The molecule has 2 atom stereocenters. The maximum Gasteiger partial charge on any atom is 0.530 e. The molecule has 0 saturated carbocycles. The minimum absolute atomic E-state index is 0.0225. The van der Waals surface area contributed by atoms with Crippen molar-refractivity contribution < 1.29 is 31.8 Å². The molecule has 0 aromatic heterocycles. The lowest BCUT2D eigenvalue weighted by atomic mass is 10.1. The summed E-state index contributed by atoms with van der Waals surface area (Å²) >= 11 is 0. The van der Waals surface area contributed by atoms with Crippen molar-refractivity contribution in [3.8, 4) is 5.75 Å². The molecule has 2 aromatic carbocycles. The van der Waals surface area contributed by atoms with E-state index in [-0.39, 0.29) is 30.0 Å². The molecular formula is C15H12F2NO6P. The lowest BCUT2D eigenvalue weighted by Gasteiger charge is -2.29. The van der Waals surface area contributed by atoms with Gasteiger partial charge in [-0.3, -0.25) is 19.2 Å². The summed E-state index contributed by atoms with van der Waals surface area (Å²) in [6.45, 7) is -0.0507.